The van der Waals surface area contributed by atoms with Crippen molar-refractivity contribution in [2.75, 3.05) is 0 Å². The van der Waals surface area contributed by atoms with E-state index in [1.54, 1.807) is 0 Å². The van der Waals surface area contributed by atoms with Crippen molar-refractivity contribution in [2.45, 2.75) is 58.8 Å². The van der Waals surface area contributed by atoms with Gasteiger partial charge < -0.3 is 0 Å². The molecule has 2 atom stereocenters. The van der Waals surface area contributed by atoms with E-state index in [1.807, 2.05) is 11.1 Å². The lowest BCUT2D eigenvalue weighted by Crippen LogP contribution is -2.10. The first kappa shape index (κ1) is 9.30. The average molecular weight is 178 g/mol. The van der Waals surface area contributed by atoms with Crippen LogP contribution >= 0.6 is 0 Å². The summed E-state index contributed by atoms with van der Waals surface area (Å²) in [5.74, 6) is 1.82. The van der Waals surface area contributed by atoms with Gasteiger partial charge in [0.05, 0.1) is 0 Å². The second-order valence-corrected chi connectivity index (χ2v) is 4.99. The summed E-state index contributed by atoms with van der Waals surface area (Å²) in [6, 6.07) is 0. The standard InChI is InChI=1S/C13H22/c1-10-6-3-4-8-12(10)13-9-5-7-11(13)2/h10-11H,3-9H2,1-2H3/b13-12+. The van der Waals surface area contributed by atoms with Crippen LogP contribution in [-0.2, 0) is 0 Å². The molecule has 2 saturated carbocycles. The number of allylic oxidation sites excluding steroid dienone is 2. The molecule has 0 amide bonds. The van der Waals surface area contributed by atoms with Crippen LogP contribution in [0.25, 0.3) is 0 Å². The van der Waals surface area contributed by atoms with E-state index >= 15 is 0 Å². The Hall–Kier alpha value is -0.260. The summed E-state index contributed by atoms with van der Waals surface area (Å²) in [5, 5.41) is 0. The van der Waals surface area contributed by atoms with Gasteiger partial charge in [-0.1, -0.05) is 31.4 Å². The Morgan fingerprint density at radius 1 is 0.769 bits per heavy atom. The molecule has 2 fully saturated rings. The second kappa shape index (κ2) is 3.86. The summed E-state index contributed by atoms with van der Waals surface area (Å²) in [7, 11) is 0. The molecule has 0 spiro atoms. The van der Waals surface area contributed by atoms with Crippen LogP contribution in [0.1, 0.15) is 58.8 Å². The van der Waals surface area contributed by atoms with E-state index in [2.05, 4.69) is 13.8 Å². The first-order chi connectivity index (χ1) is 6.29. The highest BCUT2D eigenvalue weighted by Gasteiger charge is 2.24. The smallest absolute Gasteiger partial charge is 0.0229 e. The van der Waals surface area contributed by atoms with E-state index in [9.17, 15) is 0 Å². The van der Waals surface area contributed by atoms with Gasteiger partial charge in [0, 0.05) is 0 Å². The maximum Gasteiger partial charge on any atom is -0.0229 e. The minimum atomic E-state index is 0.907. The molecule has 0 aliphatic heterocycles. The van der Waals surface area contributed by atoms with Crippen molar-refractivity contribution in [3.63, 3.8) is 0 Å². The highest BCUT2D eigenvalue weighted by molar-refractivity contribution is 5.22. The summed E-state index contributed by atoms with van der Waals surface area (Å²) < 4.78 is 0. The fourth-order valence-electron chi connectivity index (χ4n) is 3.16. The molecule has 0 nitrogen and oxygen atoms in total. The van der Waals surface area contributed by atoms with Crippen LogP contribution in [0.2, 0.25) is 0 Å². The molecule has 2 aliphatic carbocycles. The van der Waals surface area contributed by atoms with Gasteiger partial charge in [0.1, 0.15) is 0 Å². The largest absolute Gasteiger partial charge is 0.0679 e. The predicted molar refractivity (Wildman–Crippen MR) is 57.7 cm³/mol. The van der Waals surface area contributed by atoms with Crippen LogP contribution in [0.4, 0.5) is 0 Å². The molecule has 0 saturated heterocycles. The third kappa shape index (κ3) is 1.82. The lowest BCUT2D eigenvalue weighted by molar-refractivity contribution is 0.471. The molecule has 2 unspecified atom stereocenters. The van der Waals surface area contributed by atoms with Gasteiger partial charge >= 0.3 is 0 Å². The molecule has 0 heterocycles. The first-order valence-electron chi connectivity index (χ1n) is 6.01. The topological polar surface area (TPSA) is 0 Å². The van der Waals surface area contributed by atoms with E-state index in [-0.39, 0.29) is 0 Å². The van der Waals surface area contributed by atoms with Crippen molar-refractivity contribution in [1.29, 1.82) is 0 Å². The molecule has 13 heavy (non-hydrogen) atoms. The Kier molecular flexibility index (Phi) is 2.76. The average Bonchev–Trinajstić information content (AvgIpc) is 2.52. The molecule has 2 rings (SSSR count). The molecule has 0 radical (unpaired) electrons. The van der Waals surface area contributed by atoms with Gasteiger partial charge in [0.15, 0.2) is 0 Å². The van der Waals surface area contributed by atoms with Crippen molar-refractivity contribution in [1.82, 2.24) is 0 Å². The van der Waals surface area contributed by atoms with Crippen LogP contribution < -0.4 is 0 Å². The third-order valence-electron chi connectivity index (χ3n) is 4.02. The van der Waals surface area contributed by atoms with E-state index in [4.69, 9.17) is 0 Å². The lowest BCUT2D eigenvalue weighted by atomic mass is 9.80. The van der Waals surface area contributed by atoms with Crippen LogP contribution in [-0.4, -0.2) is 0 Å². The van der Waals surface area contributed by atoms with E-state index in [1.165, 1.54) is 44.9 Å². The molecule has 0 heteroatoms. The molecule has 0 bridgehead atoms. The lowest BCUT2D eigenvalue weighted by Gasteiger charge is -2.25. The monoisotopic (exact) mass is 178 g/mol. The van der Waals surface area contributed by atoms with E-state index < -0.39 is 0 Å². The first-order valence-corrected chi connectivity index (χ1v) is 6.01. The fraction of sp³-hybridized carbons (Fsp3) is 0.846. The maximum absolute atomic E-state index is 2.44. The molecular weight excluding hydrogens is 156 g/mol. The van der Waals surface area contributed by atoms with Crippen LogP contribution in [0.5, 0.6) is 0 Å². The summed E-state index contributed by atoms with van der Waals surface area (Å²) in [6.07, 6.45) is 10.1. The minimum absolute atomic E-state index is 0.907. The van der Waals surface area contributed by atoms with Gasteiger partial charge in [-0.3, -0.25) is 0 Å². The van der Waals surface area contributed by atoms with Crippen molar-refractivity contribution in [2.24, 2.45) is 11.8 Å². The van der Waals surface area contributed by atoms with Crippen molar-refractivity contribution >= 4 is 0 Å². The molecule has 74 valence electrons. The Morgan fingerprint density at radius 3 is 1.85 bits per heavy atom. The number of hydrogen-bond acceptors (Lipinski definition) is 0. The van der Waals surface area contributed by atoms with Gasteiger partial charge in [0.25, 0.3) is 0 Å². The van der Waals surface area contributed by atoms with E-state index in [0.29, 0.717) is 0 Å². The summed E-state index contributed by atoms with van der Waals surface area (Å²) >= 11 is 0. The van der Waals surface area contributed by atoms with Crippen molar-refractivity contribution < 1.29 is 0 Å². The number of rotatable bonds is 0. The summed E-state index contributed by atoms with van der Waals surface area (Å²) in [6.45, 7) is 4.86. The van der Waals surface area contributed by atoms with Crippen LogP contribution in [0, 0.1) is 11.8 Å². The Labute approximate surface area is 82.4 Å². The molecule has 0 aromatic carbocycles. The maximum atomic E-state index is 2.44. The van der Waals surface area contributed by atoms with Crippen molar-refractivity contribution in [3.8, 4) is 0 Å². The highest BCUT2D eigenvalue weighted by atomic mass is 14.3. The molecule has 0 N–H and O–H groups in total. The molecule has 0 aromatic heterocycles. The van der Waals surface area contributed by atoms with Gasteiger partial charge in [-0.05, 0) is 50.4 Å². The minimum Gasteiger partial charge on any atom is -0.0679 e. The SMILES string of the molecule is CC1CCCC/C1=C1/CCCC1C. The normalized spacial score (nSPS) is 41.1. The fourth-order valence-corrected chi connectivity index (χ4v) is 3.16. The predicted octanol–water partition coefficient (Wildman–Crippen LogP) is 4.31. The Balaban J connectivity index is 2.19. The summed E-state index contributed by atoms with van der Waals surface area (Å²) in [5.41, 5.74) is 3.71. The van der Waals surface area contributed by atoms with Gasteiger partial charge in [-0.15, -0.1) is 0 Å². The molecule has 0 aromatic rings. The Morgan fingerprint density at radius 2 is 1.31 bits per heavy atom. The van der Waals surface area contributed by atoms with Crippen LogP contribution in [0.3, 0.4) is 0 Å². The zero-order valence-corrected chi connectivity index (χ0v) is 9.10. The van der Waals surface area contributed by atoms with Gasteiger partial charge in [-0.2, -0.15) is 0 Å². The Bertz CT molecular complexity index is 212. The zero-order valence-electron chi connectivity index (χ0n) is 9.10. The second-order valence-electron chi connectivity index (χ2n) is 4.99. The quantitative estimate of drug-likeness (QED) is 0.485. The van der Waals surface area contributed by atoms with E-state index in [0.717, 1.165) is 11.8 Å². The molecule has 2 aliphatic rings. The summed E-state index contributed by atoms with van der Waals surface area (Å²) in [4.78, 5) is 0. The van der Waals surface area contributed by atoms with Crippen LogP contribution in [0.15, 0.2) is 11.1 Å². The van der Waals surface area contributed by atoms with Crippen molar-refractivity contribution in [3.05, 3.63) is 11.1 Å². The number of hydrogen-bond donors (Lipinski definition) is 0. The van der Waals surface area contributed by atoms with Gasteiger partial charge in [0.2, 0.25) is 0 Å². The zero-order chi connectivity index (χ0) is 9.26. The third-order valence-corrected chi connectivity index (χ3v) is 4.02. The highest BCUT2D eigenvalue weighted by Crippen LogP contribution is 2.40. The molecular formula is C13H22. The van der Waals surface area contributed by atoms with Gasteiger partial charge in [-0.25, -0.2) is 0 Å².